The van der Waals surface area contributed by atoms with Crippen molar-refractivity contribution in [2.45, 2.75) is 45.1 Å². The fourth-order valence-corrected chi connectivity index (χ4v) is 3.07. The Labute approximate surface area is 124 Å². The first-order chi connectivity index (χ1) is 10.4. The minimum atomic E-state index is 0.424. The molecular formula is C15H21N5O. The van der Waals surface area contributed by atoms with Crippen molar-refractivity contribution >= 4 is 0 Å². The molecular weight excluding hydrogens is 266 g/mol. The SMILES string of the molecule is CCNC(Cc1nc(-c2cnccn2)no1)C1CCCC1. The van der Waals surface area contributed by atoms with Gasteiger partial charge in [-0.2, -0.15) is 4.98 Å². The van der Waals surface area contributed by atoms with Crippen molar-refractivity contribution in [1.29, 1.82) is 0 Å². The molecule has 0 spiro atoms. The van der Waals surface area contributed by atoms with Gasteiger partial charge in [0.15, 0.2) is 0 Å². The van der Waals surface area contributed by atoms with Crippen LogP contribution in [0.4, 0.5) is 0 Å². The van der Waals surface area contributed by atoms with E-state index >= 15 is 0 Å². The average molecular weight is 287 g/mol. The highest BCUT2D eigenvalue weighted by Gasteiger charge is 2.26. The van der Waals surface area contributed by atoms with Gasteiger partial charge in [-0.05, 0) is 25.3 Å². The quantitative estimate of drug-likeness (QED) is 0.878. The lowest BCUT2D eigenvalue weighted by Crippen LogP contribution is -2.37. The zero-order chi connectivity index (χ0) is 14.5. The van der Waals surface area contributed by atoms with Gasteiger partial charge in [-0.1, -0.05) is 24.9 Å². The van der Waals surface area contributed by atoms with Crippen LogP contribution in [0.3, 0.4) is 0 Å². The van der Waals surface area contributed by atoms with Gasteiger partial charge in [0.05, 0.1) is 6.20 Å². The van der Waals surface area contributed by atoms with Gasteiger partial charge in [0.1, 0.15) is 5.69 Å². The minimum Gasteiger partial charge on any atom is -0.339 e. The van der Waals surface area contributed by atoms with Gasteiger partial charge in [-0.25, -0.2) is 4.98 Å². The molecule has 1 N–H and O–H groups in total. The predicted octanol–water partition coefficient (Wildman–Crippen LogP) is 2.24. The van der Waals surface area contributed by atoms with E-state index in [4.69, 9.17) is 4.52 Å². The van der Waals surface area contributed by atoms with E-state index in [0.717, 1.165) is 18.9 Å². The maximum atomic E-state index is 5.39. The number of aromatic nitrogens is 4. The summed E-state index contributed by atoms with van der Waals surface area (Å²) in [6.45, 7) is 3.10. The highest BCUT2D eigenvalue weighted by atomic mass is 16.5. The van der Waals surface area contributed by atoms with Crippen molar-refractivity contribution in [3.63, 3.8) is 0 Å². The first-order valence-corrected chi connectivity index (χ1v) is 7.69. The van der Waals surface area contributed by atoms with E-state index in [9.17, 15) is 0 Å². The van der Waals surface area contributed by atoms with Crippen LogP contribution in [-0.4, -0.2) is 32.7 Å². The zero-order valence-electron chi connectivity index (χ0n) is 12.3. The summed E-state index contributed by atoms with van der Waals surface area (Å²) in [5.41, 5.74) is 0.647. The first kappa shape index (κ1) is 14.1. The molecule has 2 aromatic rings. The van der Waals surface area contributed by atoms with E-state index in [2.05, 4.69) is 32.3 Å². The molecule has 6 heteroatoms. The van der Waals surface area contributed by atoms with Crippen molar-refractivity contribution in [3.05, 3.63) is 24.5 Å². The van der Waals surface area contributed by atoms with Crippen LogP contribution < -0.4 is 5.32 Å². The molecule has 0 amide bonds. The summed E-state index contributed by atoms with van der Waals surface area (Å²) < 4.78 is 5.39. The molecule has 1 saturated carbocycles. The van der Waals surface area contributed by atoms with E-state index in [0.29, 0.717) is 23.5 Å². The third kappa shape index (κ3) is 3.44. The van der Waals surface area contributed by atoms with Crippen molar-refractivity contribution in [2.75, 3.05) is 6.54 Å². The fourth-order valence-electron chi connectivity index (χ4n) is 3.07. The van der Waals surface area contributed by atoms with Crippen LogP contribution in [0.15, 0.2) is 23.1 Å². The highest BCUT2D eigenvalue weighted by Crippen LogP contribution is 2.29. The van der Waals surface area contributed by atoms with E-state index in [1.807, 2.05) is 0 Å². The second-order valence-electron chi connectivity index (χ2n) is 5.52. The summed E-state index contributed by atoms with van der Waals surface area (Å²) in [5.74, 6) is 1.91. The van der Waals surface area contributed by atoms with Crippen molar-refractivity contribution in [3.8, 4) is 11.5 Å². The number of nitrogens with zero attached hydrogens (tertiary/aromatic N) is 4. The smallest absolute Gasteiger partial charge is 0.228 e. The second-order valence-corrected chi connectivity index (χ2v) is 5.52. The summed E-state index contributed by atoms with van der Waals surface area (Å²) in [5, 5.41) is 7.58. The number of likely N-dealkylation sites (N-methyl/N-ethyl adjacent to an activating group) is 1. The van der Waals surface area contributed by atoms with Gasteiger partial charge < -0.3 is 9.84 Å². The van der Waals surface area contributed by atoms with Gasteiger partial charge in [-0.15, -0.1) is 0 Å². The third-order valence-electron chi connectivity index (χ3n) is 4.09. The Morgan fingerprint density at radius 2 is 2.19 bits per heavy atom. The van der Waals surface area contributed by atoms with Crippen LogP contribution >= 0.6 is 0 Å². The molecule has 1 aliphatic rings. The molecule has 0 saturated heterocycles. The van der Waals surface area contributed by atoms with Crippen LogP contribution in [0.5, 0.6) is 0 Å². The number of hydrogen-bond donors (Lipinski definition) is 1. The van der Waals surface area contributed by atoms with Gasteiger partial charge in [0.2, 0.25) is 11.7 Å². The average Bonchev–Trinajstić information content (AvgIpc) is 3.19. The van der Waals surface area contributed by atoms with Crippen molar-refractivity contribution < 1.29 is 4.52 Å². The summed E-state index contributed by atoms with van der Waals surface area (Å²) in [4.78, 5) is 12.7. The van der Waals surface area contributed by atoms with Gasteiger partial charge >= 0.3 is 0 Å². The summed E-state index contributed by atoms with van der Waals surface area (Å²) in [7, 11) is 0. The van der Waals surface area contributed by atoms with Crippen LogP contribution in [0, 0.1) is 5.92 Å². The Morgan fingerprint density at radius 3 is 2.90 bits per heavy atom. The first-order valence-electron chi connectivity index (χ1n) is 7.69. The Morgan fingerprint density at radius 1 is 1.33 bits per heavy atom. The van der Waals surface area contributed by atoms with Crippen molar-refractivity contribution in [2.24, 2.45) is 5.92 Å². The van der Waals surface area contributed by atoms with E-state index < -0.39 is 0 Å². The largest absolute Gasteiger partial charge is 0.339 e. The molecule has 112 valence electrons. The molecule has 6 nitrogen and oxygen atoms in total. The minimum absolute atomic E-state index is 0.424. The third-order valence-corrected chi connectivity index (χ3v) is 4.09. The molecule has 1 fully saturated rings. The van der Waals surface area contributed by atoms with Crippen molar-refractivity contribution in [1.82, 2.24) is 25.4 Å². The predicted molar refractivity (Wildman–Crippen MR) is 78.5 cm³/mol. The Hall–Kier alpha value is -1.82. The number of hydrogen-bond acceptors (Lipinski definition) is 6. The topological polar surface area (TPSA) is 76.7 Å². The number of rotatable bonds is 6. The van der Waals surface area contributed by atoms with Gasteiger partial charge in [-0.3, -0.25) is 4.98 Å². The maximum Gasteiger partial charge on any atom is 0.228 e. The molecule has 0 radical (unpaired) electrons. The lowest BCUT2D eigenvalue weighted by Gasteiger charge is -2.22. The fraction of sp³-hybridized carbons (Fsp3) is 0.600. The Bertz CT molecular complexity index is 550. The molecule has 1 atom stereocenters. The normalized spacial score (nSPS) is 17.2. The molecule has 0 aliphatic heterocycles. The van der Waals surface area contributed by atoms with Crippen LogP contribution in [-0.2, 0) is 6.42 Å². The van der Waals surface area contributed by atoms with Gasteiger partial charge in [0, 0.05) is 24.9 Å². The monoisotopic (exact) mass is 287 g/mol. The van der Waals surface area contributed by atoms with E-state index in [-0.39, 0.29) is 0 Å². The zero-order valence-corrected chi connectivity index (χ0v) is 12.3. The van der Waals surface area contributed by atoms with Crippen LogP contribution in [0.2, 0.25) is 0 Å². The molecule has 21 heavy (non-hydrogen) atoms. The summed E-state index contributed by atoms with van der Waals surface area (Å²) in [6.07, 6.45) is 10.9. The summed E-state index contributed by atoms with van der Waals surface area (Å²) >= 11 is 0. The number of nitrogens with one attached hydrogen (secondary N) is 1. The second kappa shape index (κ2) is 6.76. The molecule has 2 heterocycles. The van der Waals surface area contributed by atoms with Crippen LogP contribution in [0.25, 0.3) is 11.5 Å². The Balaban J connectivity index is 1.70. The standard InChI is InChI=1S/C15H21N5O/c1-2-17-12(11-5-3-4-6-11)9-14-19-15(20-21-14)13-10-16-7-8-18-13/h7-8,10-12,17H,2-6,9H2,1H3. The van der Waals surface area contributed by atoms with E-state index in [1.54, 1.807) is 18.6 Å². The Kier molecular flexibility index (Phi) is 4.55. The summed E-state index contributed by atoms with van der Waals surface area (Å²) in [6, 6.07) is 0.424. The molecule has 1 aliphatic carbocycles. The molecule has 3 rings (SSSR count). The lowest BCUT2D eigenvalue weighted by atomic mass is 9.95. The van der Waals surface area contributed by atoms with Crippen LogP contribution in [0.1, 0.15) is 38.5 Å². The van der Waals surface area contributed by atoms with E-state index in [1.165, 1.54) is 25.7 Å². The molecule has 2 aromatic heterocycles. The van der Waals surface area contributed by atoms with Gasteiger partial charge in [0.25, 0.3) is 0 Å². The lowest BCUT2D eigenvalue weighted by molar-refractivity contribution is 0.311. The molecule has 0 bridgehead atoms. The molecule has 1 unspecified atom stereocenters. The maximum absolute atomic E-state index is 5.39. The highest BCUT2D eigenvalue weighted by molar-refractivity contribution is 5.45. The molecule has 0 aromatic carbocycles.